The number of fused-ring (bicyclic) bond motifs is 4. The van der Waals surface area contributed by atoms with Crippen LogP contribution < -0.4 is 9.61 Å². The van der Waals surface area contributed by atoms with Crippen LogP contribution in [0.15, 0.2) is 164 Å². The minimum absolute atomic E-state index is 0. The van der Waals surface area contributed by atoms with Crippen molar-refractivity contribution in [1.29, 1.82) is 0 Å². The van der Waals surface area contributed by atoms with Gasteiger partial charge in [-0.15, -0.1) is 48.0 Å². The predicted octanol–water partition coefficient (Wildman–Crippen LogP) is 14.5. The normalized spacial score (nSPS) is 13.4. The molecule has 0 fully saturated rings. The van der Waals surface area contributed by atoms with Crippen molar-refractivity contribution < 1.29 is 33.0 Å². The molecule has 7 aromatic carbocycles. The Morgan fingerprint density at radius 1 is 0.688 bits per heavy atom. The maximum Gasteiger partial charge on any atom is 0.264 e. The van der Waals surface area contributed by atoms with Gasteiger partial charge in [-0.2, -0.15) is 0 Å². The number of rotatable bonds is 7. The van der Waals surface area contributed by atoms with Gasteiger partial charge in [-0.05, 0) is 111 Å². The van der Waals surface area contributed by atoms with Crippen LogP contribution in [-0.2, 0) is 20.1 Å². The van der Waals surface area contributed by atoms with E-state index in [2.05, 4.69) is 184 Å². The summed E-state index contributed by atoms with van der Waals surface area (Å²) in [5, 5.41) is 1.31. The molecule has 0 saturated carbocycles. The molecule has 1 aliphatic heterocycles. The molecule has 7 heteroatoms. The molecular formula is C57H50FIrN3OSi-2. The van der Waals surface area contributed by atoms with Crippen LogP contribution in [0.25, 0.3) is 72.7 Å². The molecule has 0 amide bonds. The molecule has 1 radical (unpaired) electrons. The molecule has 10 rings (SSSR count). The van der Waals surface area contributed by atoms with E-state index in [0.717, 1.165) is 33.7 Å². The van der Waals surface area contributed by atoms with Gasteiger partial charge in [0.15, 0.2) is 0 Å². The second-order valence-corrected chi connectivity index (χ2v) is 20.9. The second-order valence-electron chi connectivity index (χ2n) is 17.1. The van der Waals surface area contributed by atoms with Crippen LogP contribution >= 0.6 is 0 Å². The Kier molecular flexibility index (Phi) is 11.7. The van der Waals surface area contributed by atoms with Gasteiger partial charge >= 0.3 is 0 Å². The van der Waals surface area contributed by atoms with Crippen LogP contribution in [0.4, 0.5) is 4.39 Å². The van der Waals surface area contributed by atoms with Gasteiger partial charge in [0.2, 0.25) is 0 Å². The van der Waals surface area contributed by atoms with E-state index in [1.165, 1.54) is 74.2 Å². The Balaban J connectivity index is 0.000000285. The van der Waals surface area contributed by atoms with Gasteiger partial charge in [0.25, 0.3) is 8.32 Å². The molecule has 0 bridgehead atoms. The molecule has 3 heterocycles. The SMILES string of the molecule is CC(C)c1cc(-c2ccccc2)cc(C(C)C)c1-n1c(-c2[c-]ccc3c2O[Si](C)(C)c2cc(-c4ccccc4)ccc2-3)nc2ccccc21.[2H]C([2H])([2H])c1ccc(-c2[c-]cc(F)cc2)nc1.[Ir]. The first kappa shape index (κ1) is 40.5. The number of nitrogens with zero attached hydrogens (tertiary/aromatic N) is 3. The molecule has 64 heavy (non-hydrogen) atoms. The van der Waals surface area contributed by atoms with Gasteiger partial charge in [0.1, 0.15) is 0 Å². The zero-order chi connectivity index (χ0) is 46.3. The third-order valence-electron chi connectivity index (χ3n) is 11.7. The van der Waals surface area contributed by atoms with Gasteiger partial charge in [-0.3, -0.25) is 9.37 Å². The monoisotopic (exact) mass is 1040 g/mol. The summed E-state index contributed by atoms with van der Waals surface area (Å²) in [5.74, 6) is 1.95. The molecule has 0 spiro atoms. The summed E-state index contributed by atoms with van der Waals surface area (Å²) in [6, 6.07) is 59.2. The van der Waals surface area contributed by atoms with E-state index in [4.69, 9.17) is 13.5 Å². The molecule has 0 N–H and O–H groups in total. The topological polar surface area (TPSA) is 39.9 Å². The molecule has 9 aromatic rings. The fraction of sp³-hybridized carbons (Fsp3) is 0.158. The summed E-state index contributed by atoms with van der Waals surface area (Å²) in [5.41, 5.74) is 15.4. The van der Waals surface area contributed by atoms with Crippen LogP contribution in [0, 0.1) is 24.8 Å². The van der Waals surface area contributed by atoms with Crippen molar-refractivity contribution in [3.8, 4) is 67.5 Å². The van der Waals surface area contributed by atoms with E-state index in [0.29, 0.717) is 11.3 Å². The van der Waals surface area contributed by atoms with E-state index in [-0.39, 0.29) is 43.3 Å². The second kappa shape index (κ2) is 18.5. The smallest absolute Gasteiger partial charge is 0.264 e. The largest absolute Gasteiger partial charge is 0.583 e. The Morgan fingerprint density at radius 2 is 1.36 bits per heavy atom. The van der Waals surface area contributed by atoms with Crippen LogP contribution in [0.1, 0.15) is 60.3 Å². The first-order valence-electron chi connectivity index (χ1n) is 23.0. The minimum atomic E-state index is -2.39. The number of halogens is 1. The van der Waals surface area contributed by atoms with Crippen molar-refractivity contribution in [2.75, 3.05) is 0 Å². The van der Waals surface area contributed by atoms with Gasteiger partial charge in [0, 0.05) is 47.7 Å². The molecular weight excluding hydrogens is 982 g/mol. The molecule has 0 atom stereocenters. The van der Waals surface area contributed by atoms with Crippen molar-refractivity contribution in [3.05, 3.63) is 199 Å². The van der Waals surface area contributed by atoms with E-state index < -0.39 is 15.2 Å². The average Bonchev–Trinajstić information content (AvgIpc) is 3.70. The van der Waals surface area contributed by atoms with E-state index in [1.54, 1.807) is 12.1 Å². The van der Waals surface area contributed by atoms with E-state index in [1.807, 2.05) is 6.07 Å². The number of aryl methyl sites for hydroxylation is 1. The van der Waals surface area contributed by atoms with Gasteiger partial charge in [0.05, 0.1) is 16.9 Å². The number of hydrogen-bond donors (Lipinski definition) is 0. The van der Waals surface area contributed by atoms with Crippen LogP contribution in [-0.4, -0.2) is 22.9 Å². The molecule has 0 saturated heterocycles. The predicted molar refractivity (Wildman–Crippen MR) is 261 cm³/mol. The standard InChI is InChI=1S/C45H41N2OSi.C12H9FN.Ir/c1-29(2)38-26-34(32-18-11-8-12-19-32)27-39(30(3)4)43(38)47-41-23-14-13-22-40(41)46-45(47)37-21-15-20-36-35-25-24-33(31-16-9-7-10-17-31)28-42(35)49(5,6)48-44(36)37;1-9-2-7-12(14-8-9)10-3-5-11(13)6-4-10;/h7-20,22-30H,1-6H3;2-3,5-8H,1H3;/q2*-1;/i;1D3;. The fourth-order valence-corrected chi connectivity index (χ4v) is 10.7. The summed E-state index contributed by atoms with van der Waals surface area (Å²) in [4.78, 5) is 9.40. The molecule has 2 aromatic heterocycles. The maximum absolute atomic E-state index is 12.7. The number of aromatic nitrogens is 3. The van der Waals surface area contributed by atoms with Gasteiger partial charge < -0.3 is 14.0 Å². The average molecular weight is 1040 g/mol. The number of hydrogen-bond acceptors (Lipinski definition) is 3. The van der Waals surface area contributed by atoms with Crippen molar-refractivity contribution in [2.24, 2.45) is 0 Å². The molecule has 0 aliphatic carbocycles. The third kappa shape index (κ3) is 8.68. The van der Waals surface area contributed by atoms with E-state index in [9.17, 15) is 4.39 Å². The van der Waals surface area contributed by atoms with Crippen molar-refractivity contribution >= 4 is 24.5 Å². The van der Waals surface area contributed by atoms with Gasteiger partial charge in [-0.1, -0.05) is 142 Å². The number of para-hydroxylation sites is 2. The summed E-state index contributed by atoms with van der Waals surface area (Å²) in [6.07, 6.45) is 1.31. The number of imidazole rings is 1. The zero-order valence-corrected chi connectivity index (χ0v) is 40.1. The van der Waals surface area contributed by atoms with Crippen molar-refractivity contribution in [3.63, 3.8) is 0 Å². The van der Waals surface area contributed by atoms with Crippen LogP contribution in [0.2, 0.25) is 13.1 Å². The molecule has 321 valence electrons. The molecule has 0 unspecified atom stereocenters. The quantitative estimate of drug-likeness (QED) is 0.118. The third-order valence-corrected chi connectivity index (χ3v) is 14.1. The van der Waals surface area contributed by atoms with Crippen LogP contribution in [0.3, 0.4) is 0 Å². The van der Waals surface area contributed by atoms with E-state index >= 15 is 0 Å². The Hall–Kier alpha value is -6.24. The van der Waals surface area contributed by atoms with Crippen molar-refractivity contribution in [2.45, 2.75) is 59.5 Å². The number of benzene rings is 7. The first-order valence-corrected chi connectivity index (χ1v) is 24.4. The Morgan fingerprint density at radius 3 is 1.98 bits per heavy atom. The fourth-order valence-electron chi connectivity index (χ4n) is 8.52. The summed E-state index contributed by atoms with van der Waals surface area (Å²) >= 11 is 0. The summed E-state index contributed by atoms with van der Waals surface area (Å²) in [6.45, 7) is 11.6. The molecule has 1 aliphatic rings. The minimum Gasteiger partial charge on any atom is -0.583 e. The first-order chi connectivity index (χ1) is 31.7. The number of pyridine rings is 1. The maximum atomic E-state index is 12.7. The Bertz CT molecular complexity index is 3160. The van der Waals surface area contributed by atoms with Gasteiger partial charge in [-0.25, -0.2) is 0 Å². The Labute approximate surface area is 395 Å². The van der Waals surface area contributed by atoms with Crippen LogP contribution in [0.5, 0.6) is 5.75 Å². The van der Waals surface area contributed by atoms with Crippen molar-refractivity contribution in [1.82, 2.24) is 14.5 Å². The summed E-state index contributed by atoms with van der Waals surface area (Å²) in [7, 11) is -2.39. The summed E-state index contributed by atoms with van der Waals surface area (Å²) < 4.78 is 43.9. The zero-order valence-electron chi connectivity index (χ0n) is 39.7. The molecule has 4 nitrogen and oxygen atoms in total.